The molecule has 182 valence electrons. The first-order chi connectivity index (χ1) is 17.3. The molecule has 0 aliphatic carbocycles. The first-order valence-corrected chi connectivity index (χ1v) is 12.5. The second kappa shape index (κ2) is 9.59. The number of hydrogen-bond acceptors (Lipinski definition) is 6. The highest BCUT2D eigenvalue weighted by Gasteiger charge is 2.16. The van der Waals surface area contributed by atoms with Crippen molar-refractivity contribution in [2.24, 2.45) is 0 Å². The average molecular weight is 498 g/mol. The van der Waals surface area contributed by atoms with Crippen molar-refractivity contribution in [3.8, 4) is 22.9 Å². The van der Waals surface area contributed by atoms with Gasteiger partial charge in [0, 0.05) is 5.56 Å². The standard InChI is InChI=1S/C29H27N3O3S/c1-29(2,3)22-13-11-21(12-14-22)26-30-28-32(31-26)27(33)25(36-28)17-20-10-15-23(24(16-20)34-4)35-18-19-8-6-5-7-9-19/h5-17H,18H2,1-4H3/b25-17-. The van der Waals surface area contributed by atoms with E-state index in [0.717, 1.165) is 16.7 Å². The van der Waals surface area contributed by atoms with Gasteiger partial charge in [-0.25, -0.2) is 0 Å². The molecule has 6 nitrogen and oxygen atoms in total. The minimum absolute atomic E-state index is 0.0718. The van der Waals surface area contributed by atoms with Gasteiger partial charge in [-0.2, -0.15) is 9.50 Å². The number of nitrogens with zero attached hydrogens (tertiary/aromatic N) is 3. The molecule has 0 atom stereocenters. The normalized spacial score (nSPS) is 12.3. The molecular weight excluding hydrogens is 470 g/mol. The van der Waals surface area contributed by atoms with Gasteiger partial charge in [0.2, 0.25) is 4.96 Å². The van der Waals surface area contributed by atoms with Crippen molar-refractivity contribution in [1.29, 1.82) is 0 Å². The average Bonchev–Trinajstić information content (AvgIpc) is 3.42. The minimum Gasteiger partial charge on any atom is -0.493 e. The Morgan fingerprint density at radius 3 is 2.39 bits per heavy atom. The Morgan fingerprint density at radius 1 is 0.972 bits per heavy atom. The van der Waals surface area contributed by atoms with Crippen LogP contribution in [0.1, 0.15) is 37.5 Å². The quantitative estimate of drug-likeness (QED) is 0.321. The Bertz CT molecular complexity index is 1620. The maximum Gasteiger partial charge on any atom is 0.291 e. The summed E-state index contributed by atoms with van der Waals surface area (Å²) >= 11 is 1.32. The molecule has 0 aliphatic rings. The van der Waals surface area contributed by atoms with Crippen molar-refractivity contribution in [2.75, 3.05) is 7.11 Å². The van der Waals surface area contributed by atoms with E-state index < -0.39 is 0 Å². The van der Waals surface area contributed by atoms with Crippen LogP contribution in [0.5, 0.6) is 11.5 Å². The van der Waals surface area contributed by atoms with Crippen LogP contribution in [0.15, 0.2) is 77.6 Å². The van der Waals surface area contributed by atoms with E-state index in [0.29, 0.717) is 33.4 Å². The Hall–Kier alpha value is -3.97. The largest absolute Gasteiger partial charge is 0.493 e. The Labute approximate surface area is 213 Å². The lowest BCUT2D eigenvalue weighted by atomic mass is 9.87. The monoisotopic (exact) mass is 497 g/mol. The first-order valence-electron chi connectivity index (χ1n) is 11.7. The molecule has 0 N–H and O–H groups in total. The molecule has 0 spiro atoms. The first kappa shape index (κ1) is 23.8. The van der Waals surface area contributed by atoms with Gasteiger partial charge < -0.3 is 9.47 Å². The van der Waals surface area contributed by atoms with Crippen molar-refractivity contribution in [3.05, 3.63) is 104 Å². The van der Waals surface area contributed by atoms with Crippen LogP contribution in [0.2, 0.25) is 0 Å². The lowest BCUT2D eigenvalue weighted by Gasteiger charge is -2.18. The van der Waals surface area contributed by atoms with Crippen LogP contribution < -0.4 is 19.6 Å². The summed E-state index contributed by atoms with van der Waals surface area (Å²) in [5.41, 5.74) is 3.91. The van der Waals surface area contributed by atoms with Gasteiger partial charge in [-0.05, 0) is 40.3 Å². The Morgan fingerprint density at radius 2 is 1.72 bits per heavy atom. The van der Waals surface area contributed by atoms with Crippen LogP contribution >= 0.6 is 11.3 Å². The van der Waals surface area contributed by atoms with Crippen LogP contribution in [-0.4, -0.2) is 21.7 Å². The van der Waals surface area contributed by atoms with Gasteiger partial charge >= 0.3 is 0 Å². The van der Waals surface area contributed by atoms with E-state index in [9.17, 15) is 4.79 Å². The topological polar surface area (TPSA) is 65.7 Å². The zero-order valence-corrected chi connectivity index (χ0v) is 21.5. The second-order valence-corrected chi connectivity index (χ2v) is 10.6. The van der Waals surface area contributed by atoms with Crippen molar-refractivity contribution in [1.82, 2.24) is 14.6 Å². The summed E-state index contributed by atoms with van der Waals surface area (Å²) in [5, 5.41) is 4.48. The van der Waals surface area contributed by atoms with Gasteiger partial charge in [-0.15, -0.1) is 5.10 Å². The summed E-state index contributed by atoms with van der Waals surface area (Å²) in [7, 11) is 1.60. The molecule has 5 rings (SSSR count). The zero-order chi connectivity index (χ0) is 25.3. The number of thiazole rings is 1. The molecular formula is C29H27N3O3S. The Kier molecular flexibility index (Phi) is 6.33. The van der Waals surface area contributed by atoms with Crippen molar-refractivity contribution in [2.45, 2.75) is 32.8 Å². The van der Waals surface area contributed by atoms with Crippen molar-refractivity contribution < 1.29 is 9.47 Å². The van der Waals surface area contributed by atoms with Crippen LogP contribution in [0.25, 0.3) is 22.4 Å². The molecule has 0 saturated carbocycles. The summed E-state index contributed by atoms with van der Waals surface area (Å²) in [6.45, 7) is 6.97. The molecule has 0 unspecified atom stereocenters. The maximum atomic E-state index is 13.0. The molecule has 2 heterocycles. The smallest absolute Gasteiger partial charge is 0.291 e. The SMILES string of the molecule is COc1cc(/C=c2\sc3nc(-c4ccc(C(C)(C)C)cc4)nn3c2=O)ccc1OCc1ccccc1. The van der Waals surface area contributed by atoms with Gasteiger partial charge in [-0.3, -0.25) is 4.79 Å². The lowest BCUT2D eigenvalue weighted by molar-refractivity contribution is 0.284. The third kappa shape index (κ3) is 4.88. The number of methoxy groups -OCH3 is 1. The van der Waals surface area contributed by atoms with Crippen molar-refractivity contribution >= 4 is 22.4 Å². The molecule has 5 aromatic rings. The molecule has 36 heavy (non-hydrogen) atoms. The predicted octanol–water partition coefficient (Wildman–Crippen LogP) is 5.25. The number of ether oxygens (including phenoxy) is 2. The number of rotatable bonds is 6. The highest BCUT2D eigenvalue weighted by molar-refractivity contribution is 7.15. The molecule has 0 fully saturated rings. The van der Waals surface area contributed by atoms with Crippen molar-refractivity contribution in [3.63, 3.8) is 0 Å². The molecule has 0 bridgehead atoms. The van der Waals surface area contributed by atoms with Gasteiger partial charge in [0.25, 0.3) is 5.56 Å². The van der Waals surface area contributed by atoms with Gasteiger partial charge in [0.05, 0.1) is 11.6 Å². The fourth-order valence-corrected chi connectivity index (χ4v) is 4.76. The Balaban J connectivity index is 1.40. The van der Waals surface area contributed by atoms with Gasteiger partial charge in [0.1, 0.15) is 6.61 Å². The summed E-state index contributed by atoms with van der Waals surface area (Å²) in [6.07, 6.45) is 1.82. The maximum absolute atomic E-state index is 13.0. The molecule has 0 aliphatic heterocycles. The molecule has 0 saturated heterocycles. The molecule has 7 heteroatoms. The highest BCUT2D eigenvalue weighted by Crippen LogP contribution is 2.29. The fraction of sp³-hybridized carbons (Fsp3) is 0.207. The van der Waals surface area contributed by atoms with E-state index >= 15 is 0 Å². The van der Waals surface area contributed by atoms with Crippen LogP contribution in [0.4, 0.5) is 0 Å². The summed E-state index contributed by atoms with van der Waals surface area (Å²) < 4.78 is 13.4. The fourth-order valence-electron chi connectivity index (χ4n) is 3.86. The number of fused-ring (bicyclic) bond motifs is 1. The number of benzene rings is 3. The summed E-state index contributed by atoms with van der Waals surface area (Å²) in [6, 6.07) is 23.8. The predicted molar refractivity (Wildman–Crippen MR) is 144 cm³/mol. The van der Waals surface area contributed by atoms with Gasteiger partial charge in [-0.1, -0.05) is 92.8 Å². The number of hydrogen-bond donors (Lipinski definition) is 0. The summed E-state index contributed by atoms with van der Waals surface area (Å²) in [4.78, 5) is 18.2. The van der Waals surface area contributed by atoms with Crippen LogP contribution in [0.3, 0.4) is 0 Å². The zero-order valence-electron chi connectivity index (χ0n) is 20.7. The van der Waals surface area contributed by atoms with E-state index in [1.807, 2.05) is 66.7 Å². The number of aromatic nitrogens is 3. The molecule has 3 aromatic carbocycles. The van der Waals surface area contributed by atoms with E-state index in [1.165, 1.54) is 21.4 Å². The minimum atomic E-state index is -0.191. The van der Waals surface area contributed by atoms with E-state index in [2.05, 4.69) is 43.0 Å². The van der Waals surface area contributed by atoms with E-state index in [1.54, 1.807) is 7.11 Å². The third-order valence-corrected chi connectivity index (χ3v) is 6.87. The van der Waals surface area contributed by atoms with E-state index in [4.69, 9.17) is 9.47 Å². The molecule has 0 amide bonds. The van der Waals surface area contributed by atoms with Crippen LogP contribution in [-0.2, 0) is 12.0 Å². The third-order valence-electron chi connectivity index (χ3n) is 5.91. The second-order valence-electron chi connectivity index (χ2n) is 9.56. The lowest BCUT2D eigenvalue weighted by Crippen LogP contribution is -2.23. The van der Waals surface area contributed by atoms with Crippen LogP contribution in [0, 0.1) is 0 Å². The summed E-state index contributed by atoms with van der Waals surface area (Å²) in [5.74, 6) is 1.80. The highest BCUT2D eigenvalue weighted by atomic mass is 32.1. The molecule has 2 aromatic heterocycles. The van der Waals surface area contributed by atoms with Gasteiger partial charge in [0.15, 0.2) is 17.3 Å². The van der Waals surface area contributed by atoms with E-state index in [-0.39, 0.29) is 11.0 Å². The molecule has 0 radical (unpaired) electrons.